The van der Waals surface area contributed by atoms with Crippen LogP contribution >= 0.6 is 0 Å². The first-order valence-corrected chi connectivity index (χ1v) is 8.38. The van der Waals surface area contributed by atoms with E-state index in [1.54, 1.807) is 7.11 Å². The first-order chi connectivity index (χ1) is 10.3. The van der Waals surface area contributed by atoms with Gasteiger partial charge in [0, 0.05) is 13.0 Å². The lowest BCUT2D eigenvalue weighted by Crippen LogP contribution is -2.29. The van der Waals surface area contributed by atoms with Crippen LogP contribution in [0, 0.1) is 5.92 Å². The zero-order valence-electron chi connectivity index (χ0n) is 13.0. The minimum Gasteiger partial charge on any atom is -0.370 e. The summed E-state index contributed by atoms with van der Waals surface area (Å²) in [4.78, 5) is 4.74. The molecule has 3 rings (SSSR count). The van der Waals surface area contributed by atoms with Gasteiger partial charge in [0.15, 0.2) is 0 Å². The summed E-state index contributed by atoms with van der Waals surface area (Å²) in [5.41, 5.74) is 5.53. The van der Waals surface area contributed by atoms with Gasteiger partial charge >= 0.3 is 0 Å². The molecule has 1 heterocycles. The third-order valence-corrected chi connectivity index (χ3v) is 5.43. The van der Waals surface area contributed by atoms with E-state index >= 15 is 0 Å². The van der Waals surface area contributed by atoms with E-state index in [-0.39, 0.29) is 5.60 Å². The van der Waals surface area contributed by atoms with Crippen LogP contribution in [0.5, 0.6) is 0 Å². The summed E-state index contributed by atoms with van der Waals surface area (Å²) in [5, 5.41) is 4.29. The molecule has 0 bridgehead atoms. The highest BCUT2D eigenvalue weighted by Crippen LogP contribution is 2.41. The Morgan fingerprint density at radius 3 is 2.62 bits per heavy atom. The van der Waals surface area contributed by atoms with Gasteiger partial charge in [0.05, 0.1) is 0 Å². The number of aromatic nitrogens is 2. The van der Waals surface area contributed by atoms with E-state index in [1.807, 2.05) is 0 Å². The quantitative estimate of drug-likeness (QED) is 0.863. The Labute approximate surface area is 126 Å². The lowest BCUT2D eigenvalue weighted by molar-refractivity contribution is -0.0365. The third kappa shape index (κ3) is 2.86. The normalized spacial score (nSPS) is 29.4. The van der Waals surface area contributed by atoms with Gasteiger partial charge in [-0.2, -0.15) is 4.98 Å². The van der Waals surface area contributed by atoms with Gasteiger partial charge in [-0.05, 0) is 38.1 Å². The molecule has 0 aliphatic heterocycles. The molecule has 2 atom stereocenters. The molecule has 0 spiro atoms. The predicted octanol–water partition coefficient (Wildman–Crippen LogP) is 3.11. The number of hydrogen-bond acceptors (Lipinski definition) is 5. The van der Waals surface area contributed by atoms with Crippen molar-refractivity contribution in [2.75, 3.05) is 13.7 Å². The Morgan fingerprint density at radius 1 is 1.19 bits per heavy atom. The molecule has 5 nitrogen and oxygen atoms in total. The Kier molecular flexibility index (Phi) is 4.60. The Bertz CT molecular complexity index is 452. The molecule has 1 aromatic heterocycles. The van der Waals surface area contributed by atoms with Crippen LogP contribution < -0.4 is 5.73 Å². The van der Waals surface area contributed by atoms with E-state index in [2.05, 4.69) is 5.16 Å². The van der Waals surface area contributed by atoms with Crippen molar-refractivity contribution in [1.29, 1.82) is 0 Å². The number of nitrogens with two attached hydrogens (primary N) is 1. The van der Waals surface area contributed by atoms with Crippen LogP contribution in [-0.4, -0.2) is 23.8 Å². The standard InChI is InChI=1S/C16H27N3O2/c1-20-16(9-4-2-3-5-10-16)15-18-14(21-19-15)13-8-6-7-12(13)11-17/h12-13H,2-11,17H2,1H3. The summed E-state index contributed by atoms with van der Waals surface area (Å²) >= 11 is 0. The van der Waals surface area contributed by atoms with Gasteiger partial charge < -0.3 is 15.0 Å². The molecule has 5 heteroatoms. The third-order valence-electron chi connectivity index (χ3n) is 5.43. The topological polar surface area (TPSA) is 74.2 Å². The molecule has 0 saturated heterocycles. The fourth-order valence-electron chi connectivity index (χ4n) is 4.03. The van der Waals surface area contributed by atoms with Gasteiger partial charge in [0.25, 0.3) is 0 Å². The van der Waals surface area contributed by atoms with E-state index in [9.17, 15) is 0 Å². The van der Waals surface area contributed by atoms with Gasteiger partial charge in [-0.1, -0.05) is 37.3 Å². The highest BCUT2D eigenvalue weighted by molar-refractivity contribution is 5.07. The summed E-state index contributed by atoms with van der Waals surface area (Å²) in [6, 6.07) is 0. The lowest BCUT2D eigenvalue weighted by Gasteiger charge is -2.27. The van der Waals surface area contributed by atoms with Crippen molar-refractivity contribution >= 4 is 0 Å². The average molecular weight is 293 g/mol. The molecule has 0 radical (unpaired) electrons. The molecule has 118 valence electrons. The average Bonchev–Trinajstić information content (AvgIpc) is 3.11. The van der Waals surface area contributed by atoms with Crippen molar-refractivity contribution in [3.63, 3.8) is 0 Å². The molecule has 2 N–H and O–H groups in total. The van der Waals surface area contributed by atoms with Gasteiger partial charge in [-0.25, -0.2) is 0 Å². The second kappa shape index (κ2) is 6.44. The van der Waals surface area contributed by atoms with Crippen LogP contribution in [0.3, 0.4) is 0 Å². The van der Waals surface area contributed by atoms with E-state index in [0.717, 1.165) is 31.0 Å². The molecular weight excluding hydrogens is 266 g/mol. The second-order valence-corrected chi connectivity index (χ2v) is 6.60. The van der Waals surface area contributed by atoms with Gasteiger partial charge in [-0.15, -0.1) is 0 Å². The monoisotopic (exact) mass is 293 g/mol. The summed E-state index contributed by atoms with van der Waals surface area (Å²) in [6.07, 6.45) is 10.4. The number of hydrogen-bond donors (Lipinski definition) is 1. The van der Waals surface area contributed by atoms with Gasteiger partial charge in [-0.3, -0.25) is 0 Å². The van der Waals surface area contributed by atoms with Crippen LogP contribution in [0.15, 0.2) is 4.52 Å². The van der Waals surface area contributed by atoms with Crippen LogP contribution in [-0.2, 0) is 10.3 Å². The zero-order valence-corrected chi connectivity index (χ0v) is 13.0. The summed E-state index contributed by atoms with van der Waals surface area (Å²) in [6.45, 7) is 0.706. The number of ether oxygens (including phenoxy) is 1. The van der Waals surface area contributed by atoms with E-state index < -0.39 is 0 Å². The molecule has 0 amide bonds. The maximum Gasteiger partial charge on any atom is 0.230 e. The van der Waals surface area contributed by atoms with Crippen LogP contribution in [0.1, 0.15) is 75.4 Å². The van der Waals surface area contributed by atoms with E-state index in [1.165, 1.54) is 38.5 Å². The highest BCUT2D eigenvalue weighted by atomic mass is 16.5. The molecule has 2 aliphatic carbocycles. The van der Waals surface area contributed by atoms with Crippen molar-refractivity contribution in [3.05, 3.63) is 11.7 Å². The van der Waals surface area contributed by atoms with Crippen LogP contribution in [0.2, 0.25) is 0 Å². The van der Waals surface area contributed by atoms with E-state index in [4.69, 9.17) is 20.0 Å². The first kappa shape index (κ1) is 15.0. The molecule has 2 fully saturated rings. The second-order valence-electron chi connectivity index (χ2n) is 6.60. The summed E-state index contributed by atoms with van der Waals surface area (Å²) in [5.74, 6) is 2.37. The Hall–Kier alpha value is -0.940. The van der Waals surface area contributed by atoms with Crippen molar-refractivity contribution in [3.8, 4) is 0 Å². The lowest BCUT2D eigenvalue weighted by atomic mass is 9.93. The first-order valence-electron chi connectivity index (χ1n) is 8.38. The predicted molar refractivity (Wildman–Crippen MR) is 79.8 cm³/mol. The number of nitrogens with zero attached hydrogens (tertiary/aromatic N) is 2. The molecule has 0 aromatic carbocycles. The molecule has 2 saturated carbocycles. The fraction of sp³-hybridized carbons (Fsp3) is 0.875. The summed E-state index contributed by atoms with van der Waals surface area (Å²) < 4.78 is 11.5. The Balaban J connectivity index is 1.82. The minimum atomic E-state index is -0.338. The van der Waals surface area contributed by atoms with Crippen molar-refractivity contribution in [1.82, 2.24) is 10.1 Å². The van der Waals surface area contributed by atoms with E-state index in [0.29, 0.717) is 18.4 Å². The highest BCUT2D eigenvalue weighted by Gasteiger charge is 2.39. The molecule has 1 aromatic rings. The molecule has 2 unspecified atom stereocenters. The largest absolute Gasteiger partial charge is 0.370 e. The summed E-state index contributed by atoms with van der Waals surface area (Å²) in [7, 11) is 1.78. The number of methoxy groups -OCH3 is 1. The zero-order chi connectivity index (χ0) is 14.7. The molecule has 21 heavy (non-hydrogen) atoms. The van der Waals surface area contributed by atoms with Crippen molar-refractivity contribution < 1.29 is 9.26 Å². The maximum absolute atomic E-state index is 5.87. The molecule has 2 aliphatic rings. The van der Waals surface area contributed by atoms with Crippen molar-refractivity contribution in [2.24, 2.45) is 11.7 Å². The SMILES string of the molecule is COC1(c2noc(C3CCCC3CN)n2)CCCCCC1. The fourth-order valence-corrected chi connectivity index (χ4v) is 4.03. The van der Waals surface area contributed by atoms with Gasteiger partial charge in [0.2, 0.25) is 11.7 Å². The maximum atomic E-state index is 5.87. The number of rotatable bonds is 4. The van der Waals surface area contributed by atoms with Crippen molar-refractivity contribution in [2.45, 2.75) is 69.3 Å². The van der Waals surface area contributed by atoms with Crippen LogP contribution in [0.4, 0.5) is 0 Å². The van der Waals surface area contributed by atoms with Gasteiger partial charge in [0.1, 0.15) is 5.60 Å². The minimum absolute atomic E-state index is 0.338. The molecular formula is C16H27N3O2. The van der Waals surface area contributed by atoms with Crippen LogP contribution in [0.25, 0.3) is 0 Å². The Morgan fingerprint density at radius 2 is 1.95 bits per heavy atom. The smallest absolute Gasteiger partial charge is 0.230 e.